The standard InChI is InChI=1S/C12H21N5O3S/c1-9(2)7-15-12(18)4-6-16-21(19,20)11-8-14-5-3-10(11)17-13/h3,5,8-9,16H,4,6-7,13H2,1-2H3,(H,14,17)(H,15,18). The highest BCUT2D eigenvalue weighted by Crippen LogP contribution is 2.17. The average Bonchev–Trinajstić information content (AvgIpc) is 2.44. The van der Waals surface area contributed by atoms with Crippen LogP contribution in [0.15, 0.2) is 23.4 Å². The fourth-order valence-corrected chi connectivity index (χ4v) is 2.64. The number of rotatable bonds is 8. The summed E-state index contributed by atoms with van der Waals surface area (Å²) in [6.07, 6.45) is 2.68. The number of nitrogens with zero attached hydrogens (tertiary/aromatic N) is 1. The van der Waals surface area contributed by atoms with Gasteiger partial charge < -0.3 is 10.7 Å². The van der Waals surface area contributed by atoms with Crippen LogP contribution in [0.25, 0.3) is 0 Å². The Balaban J connectivity index is 2.56. The number of anilines is 1. The Kier molecular flexibility index (Phi) is 6.53. The molecule has 1 rings (SSSR count). The highest BCUT2D eigenvalue weighted by Gasteiger charge is 2.18. The number of pyridine rings is 1. The van der Waals surface area contributed by atoms with Gasteiger partial charge in [-0.25, -0.2) is 13.1 Å². The van der Waals surface area contributed by atoms with Crippen LogP contribution >= 0.6 is 0 Å². The van der Waals surface area contributed by atoms with Crippen molar-refractivity contribution in [2.45, 2.75) is 25.2 Å². The smallest absolute Gasteiger partial charge is 0.244 e. The van der Waals surface area contributed by atoms with Crippen molar-refractivity contribution < 1.29 is 13.2 Å². The molecule has 0 saturated carbocycles. The largest absolute Gasteiger partial charge is 0.356 e. The Hall–Kier alpha value is -1.71. The molecule has 0 unspecified atom stereocenters. The van der Waals surface area contributed by atoms with E-state index in [0.29, 0.717) is 12.5 Å². The highest BCUT2D eigenvalue weighted by molar-refractivity contribution is 7.89. The van der Waals surface area contributed by atoms with Gasteiger partial charge in [-0.1, -0.05) is 13.8 Å². The van der Waals surface area contributed by atoms with E-state index >= 15 is 0 Å². The number of amides is 1. The molecule has 0 atom stereocenters. The van der Waals surface area contributed by atoms with Gasteiger partial charge in [0.2, 0.25) is 15.9 Å². The third kappa shape index (κ3) is 5.66. The topological polar surface area (TPSA) is 126 Å². The number of aromatic nitrogens is 1. The van der Waals surface area contributed by atoms with Crippen LogP contribution in [-0.2, 0) is 14.8 Å². The summed E-state index contributed by atoms with van der Waals surface area (Å²) in [5.74, 6) is 5.41. The predicted octanol–water partition coefficient (Wildman–Crippen LogP) is -0.192. The lowest BCUT2D eigenvalue weighted by Gasteiger charge is -2.11. The first-order valence-electron chi connectivity index (χ1n) is 6.54. The van der Waals surface area contributed by atoms with Crippen molar-refractivity contribution in [3.05, 3.63) is 18.5 Å². The first-order chi connectivity index (χ1) is 9.86. The average molecular weight is 315 g/mol. The van der Waals surface area contributed by atoms with E-state index in [9.17, 15) is 13.2 Å². The molecule has 21 heavy (non-hydrogen) atoms. The van der Waals surface area contributed by atoms with Crippen LogP contribution in [0.2, 0.25) is 0 Å². The molecule has 0 spiro atoms. The van der Waals surface area contributed by atoms with E-state index in [4.69, 9.17) is 5.84 Å². The molecule has 1 amide bonds. The fourth-order valence-electron chi connectivity index (χ4n) is 1.50. The molecule has 1 aromatic rings. The van der Waals surface area contributed by atoms with E-state index in [2.05, 4.69) is 20.4 Å². The molecule has 0 aliphatic rings. The van der Waals surface area contributed by atoms with Crippen LogP contribution in [0.5, 0.6) is 0 Å². The van der Waals surface area contributed by atoms with Gasteiger partial charge in [0, 0.05) is 31.9 Å². The van der Waals surface area contributed by atoms with Gasteiger partial charge in [0.05, 0.1) is 5.69 Å². The number of carbonyl (C=O) groups excluding carboxylic acids is 1. The highest BCUT2D eigenvalue weighted by atomic mass is 32.2. The predicted molar refractivity (Wildman–Crippen MR) is 79.7 cm³/mol. The summed E-state index contributed by atoms with van der Waals surface area (Å²) < 4.78 is 26.5. The van der Waals surface area contributed by atoms with Crippen LogP contribution in [0.1, 0.15) is 20.3 Å². The second-order valence-electron chi connectivity index (χ2n) is 4.86. The lowest BCUT2D eigenvalue weighted by Crippen LogP contribution is -2.32. The molecular weight excluding hydrogens is 294 g/mol. The molecular formula is C12H21N5O3S. The second-order valence-corrected chi connectivity index (χ2v) is 6.60. The van der Waals surface area contributed by atoms with Crippen LogP contribution in [0, 0.1) is 5.92 Å². The number of carbonyl (C=O) groups is 1. The molecule has 0 aliphatic heterocycles. The van der Waals surface area contributed by atoms with Crippen LogP contribution < -0.4 is 21.3 Å². The molecule has 1 heterocycles. The van der Waals surface area contributed by atoms with Gasteiger partial charge in [0.25, 0.3) is 0 Å². The fraction of sp³-hybridized carbons (Fsp3) is 0.500. The first-order valence-corrected chi connectivity index (χ1v) is 8.02. The lowest BCUT2D eigenvalue weighted by atomic mass is 10.2. The zero-order chi connectivity index (χ0) is 15.9. The number of hydrogen-bond acceptors (Lipinski definition) is 6. The Bertz CT molecular complexity index is 574. The Morgan fingerprint density at radius 2 is 2.14 bits per heavy atom. The van der Waals surface area contributed by atoms with E-state index in [1.807, 2.05) is 13.8 Å². The van der Waals surface area contributed by atoms with Gasteiger partial charge >= 0.3 is 0 Å². The third-order valence-corrected chi connectivity index (χ3v) is 4.07. The minimum absolute atomic E-state index is 0.00513. The van der Waals surface area contributed by atoms with E-state index in [0.717, 1.165) is 0 Å². The minimum Gasteiger partial charge on any atom is -0.356 e. The zero-order valence-corrected chi connectivity index (χ0v) is 12.9. The molecule has 1 aromatic heterocycles. The van der Waals surface area contributed by atoms with Crippen molar-refractivity contribution in [3.8, 4) is 0 Å². The molecule has 9 heteroatoms. The molecule has 0 saturated heterocycles. The maximum atomic E-state index is 12.1. The van der Waals surface area contributed by atoms with E-state index in [1.165, 1.54) is 18.5 Å². The summed E-state index contributed by atoms with van der Waals surface area (Å²) >= 11 is 0. The summed E-state index contributed by atoms with van der Waals surface area (Å²) in [6, 6.07) is 1.45. The minimum atomic E-state index is -3.76. The Morgan fingerprint density at radius 3 is 2.76 bits per heavy atom. The van der Waals surface area contributed by atoms with Gasteiger partial charge in [-0.05, 0) is 12.0 Å². The Labute approximate surface area is 124 Å². The molecule has 118 valence electrons. The van der Waals surface area contributed by atoms with Crippen molar-refractivity contribution in [1.82, 2.24) is 15.0 Å². The summed E-state index contributed by atoms with van der Waals surface area (Å²) in [5, 5.41) is 2.71. The quantitative estimate of drug-likeness (QED) is 0.389. The van der Waals surface area contributed by atoms with E-state index in [1.54, 1.807) is 0 Å². The number of nitrogens with two attached hydrogens (primary N) is 1. The maximum Gasteiger partial charge on any atom is 0.244 e. The lowest BCUT2D eigenvalue weighted by molar-refractivity contribution is -0.121. The normalized spacial score (nSPS) is 11.4. The summed E-state index contributed by atoms with van der Waals surface area (Å²) in [6.45, 7) is 4.53. The molecule has 0 fully saturated rings. The number of nitrogen functional groups attached to an aromatic ring is 1. The van der Waals surface area contributed by atoms with E-state index < -0.39 is 10.0 Å². The molecule has 0 radical (unpaired) electrons. The van der Waals surface area contributed by atoms with Gasteiger partial charge in [-0.2, -0.15) is 0 Å². The molecule has 0 bridgehead atoms. The Morgan fingerprint density at radius 1 is 1.43 bits per heavy atom. The third-order valence-electron chi connectivity index (χ3n) is 2.58. The SMILES string of the molecule is CC(C)CNC(=O)CCNS(=O)(=O)c1cnccc1NN. The maximum absolute atomic E-state index is 12.1. The number of hydrazine groups is 1. The van der Waals surface area contributed by atoms with Crippen LogP contribution in [0.4, 0.5) is 5.69 Å². The second kappa shape index (κ2) is 7.91. The van der Waals surface area contributed by atoms with Crippen molar-refractivity contribution in [3.63, 3.8) is 0 Å². The zero-order valence-electron chi connectivity index (χ0n) is 12.1. The number of hydrogen-bond donors (Lipinski definition) is 4. The molecule has 0 aliphatic carbocycles. The van der Waals surface area contributed by atoms with Crippen LogP contribution in [0.3, 0.4) is 0 Å². The van der Waals surface area contributed by atoms with Gasteiger partial charge in [-0.3, -0.25) is 15.6 Å². The first kappa shape index (κ1) is 17.3. The number of sulfonamides is 1. The monoisotopic (exact) mass is 315 g/mol. The molecule has 8 nitrogen and oxygen atoms in total. The van der Waals surface area contributed by atoms with Gasteiger partial charge in [0.15, 0.2) is 0 Å². The van der Waals surface area contributed by atoms with Crippen molar-refractivity contribution in [2.75, 3.05) is 18.5 Å². The summed E-state index contributed by atoms with van der Waals surface area (Å²) in [7, 11) is -3.76. The van der Waals surface area contributed by atoms with Crippen molar-refractivity contribution in [1.29, 1.82) is 0 Å². The molecule has 0 aromatic carbocycles. The number of nitrogens with one attached hydrogen (secondary N) is 3. The van der Waals surface area contributed by atoms with E-state index in [-0.39, 0.29) is 29.5 Å². The van der Waals surface area contributed by atoms with Crippen LogP contribution in [-0.4, -0.2) is 32.4 Å². The van der Waals surface area contributed by atoms with Crippen molar-refractivity contribution >= 4 is 21.6 Å². The van der Waals surface area contributed by atoms with Crippen molar-refractivity contribution in [2.24, 2.45) is 11.8 Å². The summed E-state index contributed by atoms with van der Waals surface area (Å²) in [4.78, 5) is 15.2. The van der Waals surface area contributed by atoms with Gasteiger partial charge in [-0.15, -0.1) is 0 Å². The molecule has 5 N–H and O–H groups in total. The summed E-state index contributed by atoms with van der Waals surface area (Å²) in [5.41, 5.74) is 2.53. The van der Waals surface area contributed by atoms with Gasteiger partial charge in [0.1, 0.15) is 4.90 Å².